The number of benzene rings is 2. The van der Waals surface area contributed by atoms with Gasteiger partial charge in [0, 0.05) is 16.8 Å². The third kappa shape index (κ3) is 2.09. The smallest absolute Gasteiger partial charge is 0.339 e. The van der Waals surface area contributed by atoms with Crippen LogP contribution in [0.5, 0.6) is 5.75 Å². The lowest BCUT2D eigenvalue weighted by atomic mass is 9.99. The van der Waals surface area contributed by atoms with Crippen LogP contribution in [0.1, 0.15) is 34.5 Å². The molecule has 1 unspecified atom stereocenters. The molecule has 1 aliphatic heterocycles. The highest BCUT2D eigenvalue weighted by Crippen LogP contribution is 2.37. The number of carbonyl (C=O) groups excluding carboxylic acids is 1. The minimum Gasteiger partial charge on any atom is -0.494 e. The summed E-state index contributed by atoms with van der Waals surface area (Å²) in [7, 11) is 0. The van der Waals surface area contributed by atoms with Crippen LogP contribution < -0.4 is 10.5 Å². The highest BCUT2D eigenvalue weighted by Gasteiger charge is 2.32. The van der Waals surface area contributed by atoms with Gasteiger partial charge in [0.2, 0.25) is 0 Å². The van der Waals surface area contributed by atoms with Crippen molar-refractivity contribution in [2.24, 2.45) is 0 Å². The van der Waals surface area contributed by atoms with E-state index >= 15 is 0 Å². The molecule has 2 aromatic rings. The van der Waals surface area contributed by atoms with Crippen molar-refractivity contribution in [3.05, 3.63) is 59.2 Å². The van der Waals surface area contributed by atoms with E-state index in [4.69, 9.17) is 15.2 Å². The standard InChI is InChI=1S/C16H15NO3/c1-2-19-12-5-3-4-10(8-12)15-13-7-6-11(17)9-14(13)16(18)20-15/h3-9,15H,2,17H2,1H3. The summed E-state index contributed by atoms with van der Waals surface area (Å²) in [6, 6.07) is 12.9. The maximum absolute atomic E-state index is 11.9. The number of cyclic esters (lactones) is 1. The van der Waals surface area contributed by atoms with Gasteiger partial charge in [-0.25, -0.2) is 4.79 Å². The fraction of sp³-hybridized carbons (Fsp3) is 0.188. The number of rotatable bonds is 3. The van der Waals surface area contributed by atoms with Crippen molar-refractivity contribution >= 4 is 11.7 Å². The van der Waals surface area contributed by atoms with Crippen LogP contribution in [0, 0.1) is 0 Å². The molecule has 2 aromatic carbocycles. The van der Waals surface area contributed by atoms with Crippen LogP contribution in [0.3, 0.4) is 0 Å². The van der Waals surface area contributed by atoms with E-state index in [2.05, 4.69) is 0 Å². The molecule has 0 aliphatic carbocycles. The van der Waals surface area contributed by atoms with Crippen LogP contribution in [-0.4, -0.2) is 12.6 Å². The summed E-state index contributed by atoms with van der Waals surface area (Å²) in [4.78, 5) is 11.9. The molecule has 4 nitrogen and oxygen atoms in total. The number of carbonyl (C=O) groups is 1. The SMILES string of the molecule is CCOc1cccc(C2OC(=O)c3cc(N)ccc32)c1. The van der Waals surface area contributed by atoms with Crippen LogP contribution in [0.25, 0.3) is 0 Å². The van der Waals surface area contributed by atoms with Crippen LogP contribution in [-0.2, 0) is 4.74 Å². The zero-order valence-electron chi connectivity index (χ0n) is 11.1. The Kier molecular flexibility index (Phi) is 3.06. The molecule has 1 atom stereocenters. The van der Waals surface area contributed by atoms with Crippen LogP contribution in [0.4, 0.5) is 5.69 Å². The summed E-state index contributed by atoms with van der Waals surface area (Å²) in [6.45, 7) is 2.53. The molecular weight excluding hydrogens is 254 g/mol. The maximum atomic E-state index is 11.9. The predicted molar refractivity (Wildman–Crippen MR) is 75.7 cm³/mol. The summed E-state index contributed by atoms with van der Waals surface area (Å²) in [5.74, 6) is 0.434. The molecule has 0 spiro atoms. The molecule has 1 heterocycles. The van der Waals surface area contributed by atoms with Gasteiger partial charge >= 0.3 is 5.97 Å². The number of anilines is 1. The number of nitrogen functional groups attached to an aromatic ring is 1. The average molecular weight is 269 g/mol. The van der Waals surface area contributed by atoms with Gasteiger partial charge < -0.3 is 15.2 Å². The summed E-state index contributed by atoms with van der Waals surface area (Å²) in [5, 5.41) is 0. The molecule has 0 fully saturated rings. The quantitative estimate of drug-likeness (QED) is 0.687. The lowest BCUT2D eigenvalue weighted by molar-refractivity contribution is 0.0455. The monoisotopic (exact) mass is 269 g/mol. The molecule has 0 radical (unpaired) electrons. The van der Waals surface area contributed by atoms with E-state index in [1.54, 1.807) is 12.1 Å². The number of hydrogen-bond acceptors (Lipinski definition) is 4. The van der Waals surface area contributed by atoms with Gasteiger partial charge in [-0.15, -0.1) is 0 Å². The van der Waals surface area contributed by atoms with Gasteiger partial charge in [0.15, 0.2) is 6.10 Å². The Hall–Kier alpha value is -2.49. The first-order valence-electron chi connectivity index (χ1n) is 6.52. The first-order valence-corrected chi connectivity index (χ1v) is 6.52. The second-order valence-electron chi connectivity index (χ2n) is 4.64. The third-order valence-electron chi connectivity index (χ3n) is 3.28. The van der Waals surface area contributed by atoms with E-state index in [0.29, 0.717) is 17.9 Å². The third-order valence-corrected chi connectivity index (χ3v) is 3.28. The van der Waals surface area contributed by atoms with Crippen molar-refractivity contribution < 1.29 is 14.3 Å². The molecule has 0 saturated carbocycles. The van der Waals surface area contributed by atoms with E-state index in [0.717, 1.165) is 16.9 Å². The van der Waals surface area contributed by atoms with Crippen molar-refractivity contribution in [1.82, 2.24) is 0 Å². The van der Waals surface area contributed by atoms with Gasteiger partial charge in [-0.3, -0.25) is 0 Å². The fourth-order valence-electron chi connectivity index (χ4n) is 2.39. The summed E-state index contributed by atoms with van der Waals surface area (Å²) >= 11 is 0. The molecular formula is C16H15NO3. The summed E-state index contributed by atoms with van der Waals surface area (Å²) in [6.07, 6.45) is -0.390. The van der Waals surface area contributed by atoms with Gasteiger partial charge in [-0.05, 0) is 31.2 Å². The Morgan fingerprint density at radius 2 is 2.10 bits per heavy atom. The highest BCUT2D eigenvalue weighted by molar-refractivity contribution is 5.95. The number of hydrogen-bond donors (Lipinski definition) is 1. The Morgan fingerprint density at radius 3 is 2.90 bits per heavy atom. The normalized spacial score (nSPS) is 16.6. The van der Waals surface area contributed by atoms with E-state index in [1.807, 2.05) is 37.3 Å². The Morgan fingerprint density at radius 1 is 1.25 bits per heavy atom. The van der Waals surface area contributed by atoms with Gasteiger partial charge in [-0.1, -0.05) is 18.2 Å². The molecule has 3 rings (SSSR count). The molecule has 102 valence electrons. The van der Waals surface area contributed by atoms with Gasteiger partial charge in [0.25, 0.3) is 0 Å². The van der Waals surface area contributed by atoms with Crippen molar-refractivity contribution in [1.29, 1.82) is 0 Å². The Bertz CT molecular complexity index is 667. The second-order valence-corrected chi connectivity index (χ2v) is 4.64. The number of nitrogens with two attached hydrogens (primary N) is 1. The van der Waals surface area contributed by atoms with E-state index in [9.17, 15) is 4.79 Å². The maximum Gasteiger partial charge on any atom is 0.339 e. The molecule has 0 bridgehead atoms. The minimum absolute atomic E-state index is 0.334. The zero-order valence-corrected chi connectivity index (χ0v) is 11.1. The first kappa shape index (κ1) is 12.5. The van der Waals surface area contributed by atoms with Crippen molar-refractivity contribution in [3.63, 3.8) is 0 Å². The number of fused-ring (bicyclic) bond motifs is 1. The van der Waals surface area contributed by atoms with E-state index < -0.39 is 6.10 Å². The Labute approximate surface area is 117 Å². The summed E-state index contributed by atoms with van der Waals surface area (Å²) in [5.41, 5.74) is 8.55. The van der Waals surface area contributed by atoms with Gasteiger partial charge in [-0.2, -0.15) is 0 Å². The second kappa shape index (κ2) is 4.89. The van der Waals surface area contributed by atoms with E-state index in [-0.39, 0.29) is 5.97 Å². The molecule has 4 heteroatoms. The van der Waals surface area contributed by atoms with Gasteiger partial charge in [0.1, 0.15) is 5.75 Å². The molecule has 2 N–H and O–H groups in total. The Balaban J connectivity index is 2.01. The fourth-order valence-corrected chi connectivity index (χ4v) is 2.39. The highest BCUT2D eigenvalue weighted by atomic mass is 16.5. The van der Waals surface area contributed by atoms with E-state index in [1.165, 1.54) is 0 Å². The largest absolute Gasteiger partial charge is 0.494 e. The molecule has 0 aromatic heterocycles. The van der Waals surface area contributed by atoms with Crippen molar-refractivity contribution in [2.45, 2.75) is 13.0 Å². The van der Waals surface area contributed by atoms with Crippen molar-refractivity contribution in [2.75, 3.05) is 12.3 Å². The molecule has 1 aliphatic rings. The zero-order chi connectivity index (χ0) is 14.1. The van der Waals surface area contributed by atoms with Gasteiger partial charge in [0.05, 0.1) is 12.2 Å². The first-order chi connectivity index (χ1) is 9.69. The minimum atomic E-state index is -0.390. The van der Waals surface area contributed by atoms with Crippen LogP contribution >= 0.6 is 0 Å². The molecule has 0 amide bonds. The topological polar surface area (TPSA) is 61.5 Å². The number of esters is 1. The van der Waals surface area contributed by atoms with Crippen LogP contribution in [0.15, 0.2) is 42.5 Å². The number of ether oxygens (including phenoxy) is 2. The molecule has 0 saturated heterocycles. The summed E-state index contributed by atoms with van der Waals surface area (Å²) < 4.78 is 10.9. The average Bonchev–Trinajstić information content (AvgIpc) is 2.77. The molecule has 20 heavy (non-hydrogen) atoms. The lowest BCUT2D eigenvalue weighted by Crippen LogP contribution is -2.01. The van der Waals surface area contributed by atoms with Crippen LogP contribution in [0.2, 0.25) is 0 Å². The predicted octanol–water partition coefficient (Wildman–Crippen LogP) is 2.93. The van der Waals surface area contributed by atoms with Crippen molar-refractivity contribution in [3.8, 4) is 5.75 Å². The lowest BCUT2D eigenvalue weighted by Gasteiger charge is -2.12.